The molecule has 3 aromatic rings. The van der Waals surface area contributed by atoms with E-state index in [1.165, 1.54) is 6.07 Å². The Kier molecular flexibility index (Phi) is 4.84. The summed E-state index contributed by atoms with van der Waals surface area (Å²) in [5.74, 6) is 0.584. The normalized spacial score (nSPS) is 16.8. The molecule has 1 saturated heterocycles. The SMILES string of the molecule is COc1ccc2c(CC(=O)N3CCCC3Cc3cccc(F)c3)coc2c1. The van der Waals surface area contributed by atoms with Gasteiger partial charge < -0.3 is 14.1 Å². The molecule has 0 spiro atoms. The highest BCUT2D eigenvalue weighted by molar-refractivity contribution is 5.88. The molecular formula is C22H22FNO3. The highest BCUT2D eigenvalue weighted by atomic mass is 19.1. The molecule has 5 heteroatoms. The van der Waals surface area contributed by atoms with Crippen molar-refractivity contribution in [2.75, 3.05) is 13.7 Å². The van der Waals surface area contributed by atoms with E-state index in [2.05, 4.69) is 0 Å². The molecule has 1 atom stereocenters. The topological polar surface area (TPSA) is 42.7 Å². The molecule has 0 saturated carbocycles. The second kappa shape index (κ2) is 7.43. The van der Waals surface area contributed by atoms with E-state index in [-0.39, 0.29) is 17.8 Å². The maximum absolute atomic E-state index is 13.5. The number of fused-ring (bicyclic) bond motifs is 1. The van der Waals surface area contributed by atoms with Crippen molar-refractivity contribution < 1.29 is 18.3 Å². The molecule has 2 heterocycles. The lowest BCUT2D eigenvalue weighted by atomic mass is 10.0. The Labute approximate surface area is 157 Å². The molecule has 1 aliphatic rings. The first-order valence-electron chi connectivity index (χ1n) is 9.22. The Bertz CT molecular complexity index is 965. The third kappa shape index (κ3) is 3.68. The summed E-state index contributed by atoms with van der Waals surface area (Å²) in [4.78, 5) is 14.9. The first-order chi connectivity index (χ1) is 13.1. The molecule has 140 valence electrons. The third-order valence-electron chi connectivity index (χ3n) is 5.26. The van der Waals surface area contributed by atoms with Gasteiger partial charge in [0.2, 0.25) is 5.91 Å². The van der Waals surface area contributed by atoms with Gasteiger partial charge in [-0.15, -0.1) is 0 Å². The number of benzene rings is 2. The number of furan rings is 1. The number of hydrogen-bond donors (Lipinski definition) is 0. The number of rotatable bonds is 5. The Balaban J connectivity index is 1.48. The maximum Gasteiger partial charge on any atom is 0.227 e. The molecule has 1 fully saturated rings. The molecule has 0 bridgehead atoms. The second-order valence-corrected chi connectivity index (χ2v) is 7.02. The van der Waals surface area contributed by atoms with Gasteiger partial charge in [0.15, 0.2) is 0 Å². The van der Waals surface area contributed by atoms with E-state index < -0.39 is 0 Å². The van der Waals surface area contributed by atoms with Gasteiger partial charge in [0, 0.05) is 29.6 Å². The van der Waals surface area contributed by atoms with Crippen molar-refractivity contribution in [2.24, 2.45) is 0 Å². The highest BCUT2D eigenvalue weighted by Crippen LogP contribution is 2.28. The summed E-state index contributed by atoms with van der Waals surface area (Å²) < 4.78 is 24.3. The van der Waals surface area contributed by atoms with E-state index in [0.717, 1.165) is 47.2 Å². The lowest BCUT2D eigenvalue weighted by Gasteiger charge is -2.25. The number of carbonyl (C=O) groups excluding carboxylic acids is 1. The summed E-state index contributed by atoms with van der Waals surface area (Å²) in [6, 6.07) is 12.4. The predicted molar refractivity (Wildman–Crippen MR) is 101 cm³/mol. The predicted octanol–water partition coefficient (Wildman–Crippen LogP) is 4.36. The van der Waals surface area contributed by atoms with Crippen molar-refractivity contribution in [2.45, 2.75) is 31.7 Å². The van der Waals surface area contributed by atoms with Crippen molar-refractivity contribution in [3.63, 3.8) is 0 Å². The first kappa shape index (κ1) is 17.6. The summed E-state index contributed by atoms with van der Waals surface area (Å²) >= 11 is 0. The van der Waals surface area contributed by atoms with Crippen molar-refractivity contribution in [3.8, 4) is 5.75 Å². The van der Waals surface area contributed by atoms with Crippen LogP contribution in [0.3, 0.4) is 0 Å². The number of carbonyl (C=O) groups is 1. The molecule has 1 amide bonds. The molecular weight excluding hydrogens is 345 g/mol. The van der Waals surface area contributed by atoms with Crippen LogP contribution in [-0.4, -0.2) is 30.5 Å². The minimum Gasteiger partial charge on any atom is -0.497 e. The monoisotopic (exact) mass is 367 g/mol. The molecule has 1 unspecified atom stereocenters. The number of nitrogens with zero attached hydrogens (tertiary/aromatic N) is 1. The fourth-order valence-electron chi connectivity index (χ4n) is 3.90. The average Bonchev–Trinajstić information content (AvgIpc) is 3.28. The molecule has 2 aromatic carbocycles. The molecule has 1 aromatic heterocycles. The number of hydrogen-bond acceptors (Lipinski definition) is 3. The Morgan fingerprint density at radius 1 is 1.30 bits per heavy atom. The zero-order valence-corrected chi connectivity index (χ0v) is 15.3. The smallest absolute Gasteiger partial charge is 0.227 e. The molecule has 27 heavy (non-hydrogen) atoms. The van der Waals surface area contributed by atoms with Crippen LogP contribution < -0.4 is 4.74 Å². The van der Waals surface area contributed by atoms with E-state index >= 15 is 0 Å². The van der Waals surface area contributed by atoms with Crippen LogP contribution in [0.25, 0.3) is 11.0 Å². The van der Waals surface area contributed by atoms with Gasteiger partial charge in [0.05, 0.1) is 19.8 Å². The minimum absolute atomic E-state index is 0.0902. The first-order valence-corrected chi connectivity index (χ1v) is 9.22. The Hall–Kier alpha value is -2.82. The van der Waals surface area contributed by atoms with Crippen molar-refractivity contribution in [1.82, 2.24) is 4.90 Å². The number of ether oxygens (including phenoxy) is 1. The minimum atomic E-state index is -0.233. The third-order valence-corrected chi connectivity index (χ3v) is 5.26. The lowest BCUT2D eigenvalue weighted by Crippen LogP contribution is -2.37. The van der Waals surface area contributed by atoms with Crippen LogP contribution in [0.2, 0.25) is 0 Å². The molecule has 4 rings (SSSR count). The molecule has 0 aliphatic carbocycles. The summed E-state index contributed by atoms with van der Waals surface area (Å²) in [5.41, 5.74) is 2.53. The van der Waals surface area contributed by atoms with E-state index in [0.29, 0.717) is 12.8 Å². The number of halogens is 1. The van der Waals surface area contributed by atoms with Crippen molar-refractivity contribution >= 4 is 16.9 Å². The van der Waals surface area contributed by atoms with Crippen LogP contribution in [0.4, 0.5) is 4.39 Å². The molecule has 0 radical (unpaired) electrons. The van der Waals surface area contributed by atoms with Crippen molar-refractivity contribution in [1.29, 1.82) is 0 Å². The van der Waals surface area contributed by atoms with Gasteiger partial charge in [-0.1, -0.05) is 12.1 Å². The number of amides is 1. The molecule has 1 aliphatic heterocycles. The zero-order chi connectivity index (χ0) is 18.8. The van der Waals surface area contributed by atoms with E-state index in [1.807, 2.05) is 29.2 Å². The highest BCUT2D eigenvalue weighted by Gasteiger charge is 2.29. The summed E-state index contributed by atoms with van der Waals surface area (Å²) in [6.45, 7) is 0.752. The quantitative estimate of drug-likeness (QED) is 0.673. The van der Waals surface area contributed by atoms with Crippen molar-refractivity contribution in [3.05, 3.63) is 65.7 Å². The summed E-state index contributed by atoms with van der Waals surface area (Å²) in [6.07, 6.45) is 4.58. The van der Waals surface area contributed by atoms with Gasteiger partial charge in [-0.05, 0) is 49.1 Å². The summed E-state index contributed by atoms with van der Waals surface area (Å²) in [5, 5.41) is 0.935. The van der Waals surface area contributed by atoms with E-state index in [4.69, 9.17) is 9.15 Å². The van der Waals surface area contributed by atoms with Crippen LogP contribution >= 0.6 is 0 Å². The lowest BCUT2D eigenvalue weighted by molar-refractivity contribution is -0.131. The van der Waals surface area contributed by atoms with Gasteiger partial charge in [-0.25, -0.2) is 4.39 Å². The zero-order valence-electron chi connectivity index (χ0n) is 15.3. The number of likely N-dealkylation sites (tertiary alicyclic amines) is 1. The number of methoxy groups -OCH3 is 1. The average molecular weight is 367 g/mol. The van der Waals surface area contributed by atoms with Gasteiger partial charge >= 0.3 is 0 Å². The fraction of sp³-hybridized carbons (Fsp3) is 0.318. The van der Waals surface area contributed by atoms with Gasteiger partial charge in [0.25, 0.3) is 0 Å². The standard InChI is InChI=1S/C22H22FNO3/c1-26-19-7-8-20-16(14-27-21(20)13-19)12-22(25)24-9-3-6-18(24)11-15-4-2-5-17(23)10-15/h2,4-5,7-8,10,13-14,18H,3,6,9,11-12H2,1H3. The van der Waals surface area contributed by atoms with E-state index in [1.54, 1.807) is 25.5 Å². The van der Waals surface area contributed by atoms with Crippen LogP contribution in [0, 0.1) is 5.82 Å². The van der Waals surface area contributed by atoms with Gasteiger partial charge in [0.1, 0.15) is 17.1 Å². The largest absolute Gasteiger partial charge is 0.497 e. The Morgan fingerprint density at radius 3 is 3.00 bits per heavy atom. The van der Waals surface area contributed by atoms with Gasteiger partial charge in [-0.3, -0.25) is 4.79 Å². The Morgan fingerprint density at radius 2 is 2.19 bits per heavy atom. The van der Waals surface area contributed by atoms with Crippen LogP contribution in [0.5, 0.6) is 5.75 Å². The van der Waals surface area contributed by atoms with Crippen LogP contribution in [-0.2, 0) is 17.6 Å². The van der Waals surface area contributed by atoms with E-state index in [9.17, 15) is 9.18 Å². The van der Waals surface area contributed by atoms with Gasteiger partial charge in [-0.2, -0.15) is 0 Å². The van der Waals surface area contributed by atoms with Crippen LogP contribution in [0.1, 0.15) is 24.0 Å². The molecule has 4 nitrogen and oxygen atoms in total. The molecule has 0 N–H and O–H groups in total. The summed E-state index contributed by atoms with van der Waals surface area (Å²) in [7, 11) is 1.61. The maximum atomic E-state index is 13.5. The second-order valence-electron chi connectivity index (χ2n) is 7.02. The van der Waals surface area contributed by atoms with Crippen LogP contribution in [0.15, 0.2) is 53.1 Å². The fourth-order valence-corrected chi connectivity index (χ4v) is 3.90.